The fourth-order valence-electron chi connectivity index (χ4n) is 2.15. The summed E-state index contributed by atoms with van der Waals surface area (Å²) in [5.74, 6) is 1.17. The van der Waals surface area contributed by atoms with E-state index in [0.29, 0.717) is 11.7 Å². The highest BCUT2D eigenvalue weighted by Crippen LogP contribution is 2.32. The molecule has 3 heteroatoms. The molecule has 0 bridgehead atoms. The summed E-state index contributed by atoms with van der Waals surface area (Å²) < 4.78 is 6.27. The van der Waals surface area contributed by atoms with Gasteiger partial charge in [-0.3, -0.25) is 0 Å². The number of benzene rings is 2. The predicted octanol–water partition coefficient (Wildman–Crippen LogP) is 4.66. The standard InChI is InChI=1S/C17H19BrO2/c1-11(2)12-4-6-13(7-5-12)17(19)15-9-8-14(18)10-16(15)20-3/h4-11,17,19H,1-3H3. The average Bonchev–Trinajstić information content (AvgIpc) is 2.46. The number of hydrogen-bond donors (Lipinski definition) is 1. The molecule has 0 aliphatic rings. The summed E-state index contributed by atoms with van der Waals surface area (Å²) in [5, 5.41) is 10.5. The highest BCUT2D eigenvalue weighted by atomic mass is 79.9. The molecule has 0 amide bonds. The van der Waals surface area contributed by atoms with E-state index in [4.69, 9.17) is 4.74 Å². The molecule has 0 aliphatic carbocycles. The second-order valence-corrected chi connectivity index (χ2v) is 6.03. The molecule has 0 saturated heterocycles. The lowest BCUT2D eigenvalue weighted by Crippen LogP contribution is -2.03. The van der Waals surface area contributed by atoms with Crippen molar-refractivity contribution >= 4 is 15.9 Å². The Balaban J connectivity index is 2.33. The Bertz CT molecular complexity index is 576. The second kappa shape index (κ2) is 6.42. The van der Waals surface area contributed by atoms with E-state index in [1.807, 2.05) is 30.3 Å². The molecule has 2 rings (SSSR count). The summed E-state index contributed by atoms with van der Waals surface area (Å²) in [5.41, 5.74) is 2.91. The Morgan fingerprint density at radius 1 is 1.00 bits per heavy atom. The fourth-order valence-corrected chi connectivity index (χ4v) is 2.49. The van der Waals surface area contributed by atoms with Gasteiger partial charge in [-0.15, -0.1) is 0 Å². The van der Waals surface area contributed by atoms with Crippen LogP contribution >= 0.6 is 15.9 Å². The van der Waals surface area contributed by atoms with Gasteiger partial charge in [-0.25, -0.2) is 0 Å². The molecule has 2 aromatic carbocycles. The quantitative estimate of drug-likeness (QED) is 0.880. The van der Waals surface area contributed by atoms with Crippen LogP contribution in [0.3, 0.4) is 0 Å². The minimum Gasteiger partial charge on any atom is -0.496 e. The molecule has 2 nitrogen and oxygen atoms in total. The first-order chi connectivity index (χ1) is 9.52. The summed E-state index contributed by atoms with van der Waals surface area (Å²) >= 11 is 3.41. The maximum absolute atomic E-state index is 10.5. The van der Waals surface area contributed by atoms with Gasteiger partial charge in [0.1, 0.15) is 11.9 Å². The molecule has 2 aromatic rings. The molecule has 0 heterocycles. The lowest BCUT2D eigenvalue weighted by molar-refractivity contribution is 0.214. The van der Waals surface area contributed by atoms with Crippen LogP contribution in [0.2, 0.25) is 0 Å². The second-order valence-electron chi connectivity index (χ2n) is 5.11. The lowest BCUT2D eigenvalue weighted by atomic mass is 9.96. The zero-order valence-electron chi connectivity index (χ0n) is 11.9. The first kappa shape index (κ1) is 15.1. The number of aliphatic hydroxyl groups is 1. The van der Waals surface area contributed by atoms with Crippen LogP contribution in [0.4, 0.5) is 0 Å². The fraction of sp³-hybridized carbons (Fsp3) is 0.294. The highest BCUT2D eigenvalue weighted by Gasteiger charge is 2.15. The van der Waals surface area contributed by atoms with Crippen molar-refractivity contribution in [2.75, 3.05) is 7.11 Å². The molecule has 0 radical (unpaired) electrons. The van der Waals surface area contributed by atoms with Gasteiger partial charge in [-0.2, -0.15) is 0 Å². The average molecular weight is 335 g/mol. The SMILES string of the molecule is COc1cc(Br)ccc1C(O)c1ccc(C(C)C)cc1. The lowest BCUT2D eigenvalue weighted by Gasteiger charge is -2.16. The minimum absolute atomic E-state index is 0.489. The van der Waals surface area contributed by atoms with Crippen molar-refractivity contribution in [1.29, 1.82) is 0 Å². The summed E-state index contributed by atoms with van der Waals surface area (Å²) in [6.07, 6.45) is -0.681. The number of halogens is 1. The van der Waals surface area contributed by atoms with Crippen LogP contribution in [-0.4, -0.2) is 12.2 Å². The molecule has 1 atom stereocenters. The summed E-state index contributed by atoms with van der Waals surface area (Å²) in [7, 11) is 1.61. The molecule has 0 aliphatic heterocycles. The summed E-state index contributed by atoms with van der Waals surface area (Å²) in [6, 6.07) is 13.7. The zero-order chi connectivity index (χ0) is 14.7. The van der Waals surface area contributed by atoms with Gasteiger partial charge in [0.25, 0.3) is 0 Å². The molecule has 106 valence electrons. The van der Waals surface area contributed by atoms with E-state index < -0.39 is 6.10 Å². The van der Waals surface area contributed by atoms with Gasteiger partial charge in [0.15, 0.2) is 0 Å². The van der Waals surface area contributed by atoms with E-state index in [1.54, 1.807) is 7.11 Å². The molecule has 0 saturated carbocycles. The van der Waals surface area contributed by atoms with Gasteiger partial charge >= 0.3 is 0 Å². The van der Waals surface area contributed by atoms with Crippen molar-refractivity contribution in [2.24, 2.45) is 0 Å². The number of hydrogen-bond acceptors (Lipinski definition) is 2. The van der Waals surface area contributed by atoms with E-state index >= 15 is 0 Å². The topological polar surface area (TPSA) is 29.5 Å². The molecule has 0 aromatic heterocycles. The van der Waals surface area contributed by atoms with Crippen molar-refractivity contribution in [3.8, 4) is 5.75 Å². The molecule has 1 unspecified atom stereocenters. The maximum atomic E-state index is 10.5. The Hall–Kier alpha value is -1.32. The minimum atomic E-state index is -0.681. The van der Waals surface area contributed by atoms with Gasteiger partial charge in [-0.1, -0.05) is 60.1 Å². The van der Waals surface area contributed by atoms with Gasteiger partial charge in [0.2, 0.25) is 0 Å². The Kier molecular flexibility index (Phi) is 4.84. The number of methoxy groups -OCH3 is 1. The zero-order valence-corrected chi connectivity index (χ0v) is 13.5. The molecule has 0 fully saturated rings. The third-order valence-electron chi connectivity index (χ3n) is 3.41. The van der Waals surface area contributed by atoms with Gasteiger partial charge in [0, 0.05) is 10.0 Å². The maximum Gasteiger partial charge on any atom is 0.126 e. The van der Waals surface area contributed by atoms with E-state index in [0.717, 1.165) is 15.6 Å². The normalized spacial score (nSPS) is 12.5. The van der Waals surface area contributed by atoms with Crippen molar-refractivity contribution < 1.29 is 9.84 Å². The first-order valence-corrected chi connectivity index (χ1v) is 7.43. The summed E-state index contributed by atoms with van der Waals surface area (Å²) in [6.45, 7) is 4.31. The Morgan fingerprint density at radius 3 is 2.15 bits per heavy atom. The van der Waals surface area contributed by atoms with E-state index in [9.17, 15) is 5.11 Å². The van der Waals surface area contributed by atoms with Crippen molar-refractivity contribution in [3.63, 3.8) is 0 Å². The van der Waals surface area contributed by atoms with Gasteiger partial charge < -0.3 is 9.84 Å². The Labute approximate surface area is 128 Å². The predicted molar refractivity (Wildman–Crippen MR) is 85.3 cm³/mol. The first-order valence-electron chi connectivity index (χ1n) is 6.64. The smallest absolute Gasteiger partial charge is 0.126 e. The van der Waals surface area contributed by atoms with Crippen molar-refractivity contribution in [3.05, 3.63) is 63.6 Å². The van der Waals surface area contributed by atoms with E-state index in [1.165, 1.54) is 5.56 Å². The van der Waals surface area contributed by atoms with Crippen LogP contribution in [0.1, 0.15) is 42.6 Å². The largest absolute Gasteiger partial charge is 0.496 e. The molecule has 1 N–H and O–H groups in total. The monoisotopic (exact) mass is 334 g/mol. The van der Waals surface area contributed by atoms with Crippen LogP contribution in [-0.2, 0) is 0 Å². The molecular weight excluding hydrogens is 316 g/mol. The number of rotatable bonds is 4. The third kappa shape index (κ3) is 3.22. The van der Waals surface area contributed by atoms with E-state index in [-0.39, 0.29) is 0 Å². The highest BCUT2D eigenvalue weighted by molar-refractivity contribution is 9.10. The van der Waals surface area contributed by atoms with Crippen LogP contribution in [0.15, 0.2) is 46.9 Å². The third-order valence-corrected chi connectivity index (χ3v) is 3.90. The molecular formula is C17H19BrO2. The number of aliphatic hydroxyl groups excluding tert-OH is 1. The Morgan fingerprint density at radius 2 is 1.60 bits per heavy atom. The van der Waals surface area contributed by atoms with Gasteiger partial charge in [0.05, 0.1) is 7.11 Å². The molecule has 0 spiro atoms. The molecule has 20 heavy (non-hydrogen) atoms. The van der Waals surface area contributed by atoms with Crippen LogP contribution < -0.4 is 4.74 Å². The van der Waals surface area contributed by atoms with E-state index in [2.05, 4.69) is 41.9 Å². The van der Waals surface area contributed by atoms with Crippen LogP contribution in [0.25, 0.3) is 0 Å². The van der Waals surface area contributed by atoms with Crippen molar-refractivity contribution in [2.45, 2.75) is 25.9 Å². The van der Waals surface area contributed by atoms with Gasteiger partial charge in [-0.05, 0) is 29.2 Å². The van der Waals surface area contributed by atoms with Crippen LogP contribution in [0, 0.1) is 0 Å². The van der Waals surface area contributed by atoms with Crippen molar-refractivity contribution in [1.82, 2.24) is 0 Å². The van der Waals surface area contributed by atoms with Crippen LogP contribution in [0.5, 0.6) is 5.75 Å². The number of ether oxygens (including phenoxy) is 1. The summed E-state index contributed by atoms with van der Waals surface area (Å²) in [4.78, 5) is 0.